The van der Waals surface area contributed by atoms with Gasteiger partial charge in [-0.25, -0.2) is 12.7 Å². The van der Waals surface area contributed by atoms with Crippen LogP contribution in [-0.2, 0) is 10.0 Å². The molecule has 4 nitrogen and oxygen atoms in total. The Hall–Kier alpha value is -0.100. The topological polar surface area (TPSA) is 40.6 Å². The summed E-state index contributed by atoms with van der Waals surface area (Å²) in [6.07, 6.45) is 2.10. The highest BCUT2D eigenvalue weighted by Gasteiger charge is 2.20. The normalized spacial score (nSPS) is 21.2. The van der Waals surface area contributed by atoms with Gasteiger partial charge in [0.2, 0.25) is 10.0 Å². The van der Waals surface area contributed by atoms with E-state index in [1.807, 2.05) is 0 Å². The van der Waals surface area contributed by atoms with Crippen molar-refractivity contribution in [1.82, 2.24) is 9.21 Å². The molecule has 15 heavy (non-hydrogen) atoms. The van der Waals surface area contributed by atoms with Crippen LogP contribution in [-0.4, -0.2) is 56.6 Å². The van der Waals surface area contributed by atoms with E-state index < -0.39 is 10.0 Å². The highest BCUT2D eigenvalue weighted by Crippen LogP contribution is 2.09. The van der Waals surface area contributed by atoms with Crippen molar-refractivity contribution in [3.63, 3.8) is 0 Å². The monoisotopic (exact) mass is 252 g/mol. The summed E-state index contributed by atoms with van der Waals surface area (Å²) in [6.45, 7) is 7.02. The van der Waals surface area contributed by atoms with Crippen molar-refractivity contribution in [2.24, 2.45) is 0 Å². The number of halogens is 1. The molecule has 0 atom stereocenters. The van der Waals surface area contributed by atoms with E-state index in [4.69, 9.17) is 11.6 Å². The van der Waals surface area contributed by atoms with Crippen LogP contribution in [0.25, 0.3) is 0 Å². The van der Waals surface area contributed by atoms with Gasteiger partial charge in [0, 0.05) is 31.2 Å². The third-order valence-corrected chi connectivity index (χ3v) is 3.83. The summed E-state index contributed by atoms with van der Waals surface area (Å²) in [7, 11) is -3.05. The van der Waals surface area contributed by atoms with Gasteiger partial charge in [-0.2, -0.15) is 0 Å². The van der Waals surface area contributed by atoms with Crippen molar-refractivity contribution in [2.75, 3.05) is 39.0 Å². The van der Waals surface area contributed by atoms with Crippen LogP contribution in [0.1, 0.15) is 6.42 Å². The van der Waals surface area contributed by atoms with E-state index in [0.717, 1.165) is 19.5 Å². The number of nitrogens with zero attached hydrogens (tertiary/aromatic N) is 2. The predicted molar refractivity (Wildman–Crippen MR) is 62.5 cm³/mol. The molecule has 6 heteroatoms. The summed E-state index contributed by atoms with van der Waals surface area (Å²) in [4.78, 5) is 2.13. The van der Waals surface area contributed by atoms with E-state index in [9.17, 15) is 8.42 Å². The number of hydrogen-bond acceptors (Lipinski definition) is 3. The van der Waals surface area contributed by atoms with Gasteiger partial charge < -0.3 is 0 Å². The molecule has 1 rings (SSSR count). The molecule has 0 N–H and O–H groups in total. The summed E-state index contributed by atoms with van der Waals surface area (Å²) in [5, 5.41) is 0.600. The fourth-order valence-corrected chi connectivity index (χ4v) is 2.72. The minimum absolute atomic E-state index is 0.545. The summed E-state index contributed by atoms with van der Waals surface area (Å²) in [5.41, 5.74) is 0. The maximum absolute atomic E-state index is 11.3. The molecule has 1 aliphatic heterocycles. The maximum atomic E-state index is 11.3. The molecule has 0 aromatic heterocycles. The number of sulfonamides is 1. The first kappa shape index (κ1) is 13.0. The average molecular weight is 253 g/mol. The molecule has 0 spiro atoms. The van der Waals surface area contributed by atoms with Crippen LogP contribution in [0.4, 0.5) is 0 Å². The van der Waals surface area contributed by atoms with Gasteiger partial charge >= 0.3 is 0 Å². The van der Waals surface area contributed by atoms with Crippen LogP contribution in [0.15, 0.2) is 11.6 Å². The Kier molecular flexibility index (Phi) is 4.58. The first-order valence-electron chi connectivity index (χ1n) is 4.90. The highest BCUT2D eigenvalue weighted by atomic mass is 35.5. The Balaban J connectivity index is 2.52. The zero-order valence-electron chi connectivity index (χ0n) is 8.95. The van der Waals surface area contributed by atoms with Crippen molar-refractivity contribution < 1.29 is 8.42 Å². The Bertz CT molecular complexity index is 329. The summed E-state index contributed by atoms with van der Waals surface area (Å²) >= 11 is 5.72. The van der Waals surface area contributed by atoms with Crippen LogP contribution in [0.5, 0.6) is 0 Å². The standard InChI is InChI=1S/C9H17ClN2O2S/c1-9(10)8-11-4-3-5-12(7-6-11)15(2,13)14/h1,3-8H2,2H3. The molecule has 0 aliphatic carbocycles. The molecule has 0 bridgehead atoms. The van der Waals surface area contributed by atoms with Gasteiger partial charge in [-0.1, -0.05) is 18.2 Å². The molecular weight excluding hydrogens is 236 g/mol. The molecule has 88 valence electrons. The van der Waals surface area contributed by atoms with E-state index in [2.05, 4.69) is 11.5 Å². The molecule has 0 radical (unpaired) electrons. The minimum atomic E-state index is -3.05. The quantitative estimate of drug-likeness (QED) is 0.743. The van der Waals surface area contributed by atoms with E-state index in [0.29, 0.717) is 24.7 Å². The van der Waals surface area contributed by atoms with Gasteiger partial charge in [0.25, 0.3) is 0 Å². The Labute approximate surface area is 96.5 Å². The molecule has 0 aromatic carbocycles. The molecular formula is C9H17ClN2O2S. The van der Waals surface area contributed by atoms with Crippen molar-refractivity contribution in [3.8, 4) is 0 Å². The first-order chi connectivity index (χ1) is 6.89. The summed E-state index contributed by atoms with van der Waals surface area (Å²) in [5.74, 6) is 0. The first-order valence-corrected chi connectivity index (χ1v) is 7.13. The van der Waals surface area contributed by atoms with Gasteiger partial charge in [-0.3, -0.25) is 4.90 Å². The van der Waals surface area contributed by atoms with Crippen molar-refractivity contribution in [3.05, 3.63) is 11.6 Å². The molecule has 0 amide bonds. The summed E-state index contributed by atoms with van der Waals surface area (Å²) < 4.78 is 24.2. The van der Waals surface area contributed by atoms with E-state index in [1.54, 1.807) is 0 Å². The zero-order valence-corrected chi connectivity index (χ0v) is 10.5. The predicted octanol–water partition coefficient (Wildman–Crippen LogP) is 0.706. The third kappa shape index (κ3) is 4.51. The van der Waals surface area contributed by atoms with E-state index >= 15 is 0 Å². The number of hydrogen-bond donors (Lipinski definition) is 0. The van der Waals surface area contributed by atoms with Gasteiger partial charge in [-0.15, -0.1) is 0 Å². The second-order valence-corrected chi connectivity index (χ2v) is 6.33. The molecule has 1 saturated heterocycles. The molecule has 0 aromatic rings. The Morgan fingerprint density at radius 3 is 2.53 bits per heavy atom. The van der Waals surface area contributed by atoms with E-state index in [1.165, 1.54) is 10.6 Å². The lowest BCUT2D eigenvalue weighted by Gasteiger charge is -2.19. The third-order valence-electron chi connectivity index (χ3n) is 2.41. The largest absolute Gasteiger partial charge is 0.297 e. The lowest BCUT2D eigenvalue weighted by molar-refractivity contribution is 0.314. The van der Waals surface area contributed by atoms with Crippen LogP contribution >= 0.6 is 11.6 Å². The van der Waals surface area contributed by atoms with Gasteiger partial charge in [0.05, 0.1) is 6.26 Å². The highest BCUT2D eigenvalue weighted by molar-refractivity contribution is 7.88. The second kappa shape index (κ2) is 5.30. The smallest absolute Gasteiger partial charge is 0.211 e. The van der Waals surface area contributed by atoms with Crippen LogP contribution < -0.4 is 0 Å². The molecule has 1 heterocycles. The number of rotatable bonds is 3. The molecule has 0 saturated carbocycles. The maximum Gasteiger partial charge on any atom is 0.211 e. The fourth-order valence-electron chi connectivity index (χ4n) is 1.68. The van der Waals surface area contributed by atoms with Crippen molar-refractivity contribution in [2.45, 2.75) is 6.42 Å². The minimum Gasteiger partial charge on any atom is -0.297 e. The van der Waals surface area contributed by atoms with E-state index in [-0.39, 0.29) is 0 Å². The fraction of sp³-hybridized carbons (Fsp3) is 0.778. The van der Waals surface area contributed by atoms with Crippen molar-refractivity contribution >= 4 is 21.6 Å². The van der Waals surface area contributed by atoms with Crippen LogP contribution in [0.2, 0.25) is 0 Å². The van der Waals surface area contributed by atoms with Crippen LogP contribution in [0, 0.1) is 0 Å². The average Bonchev–Trinajstić information content (AvgIpc) is 2.27. The van der Waals surface area contributed by atoms with Gasteiger partial charge in [0.15, 0.2) is 0 Å². The van der Waals surface area contributed by atoms with Gasteiger partial charge in [0.1, 0.15) is 0 Å². The van der Waals surface area contributed by atoms with Gasteiger partial charge in [-0.05, 0) is 13.0 Å². The lowest BCUT2D eigenvalue weighted by atomic mass is 10.4. The zero-order chi connectivity index (χ0) is 11.5. The molecule has 1 aliphatic rings. The molecule has 0 unspecified atom stereocenters. The molecule has 1 fully saturated rings. The lowest BCUT2D eigenvalue weighted by Crippen LogP contribution is -2.34. The summed E-state index contributed by atoms with van der Waals surface area (Å²) in [6, 6.07) is 0. The SMILES string of the molecule is C=C(Cl)CN1CCCN(S(C)(=O)=O)CC1. The van der Waals surface area contributed by atoms with Crippen LogP contribution in [0.3, 0.4) is 0 Å². The Morgan fingerprint density at radius 2 is 2.00 bits per heavy atom. The Morgan fingerprint density at radius 1 is 1.33 bits per heavy atom. The van der Waals surface area contributed by atoms with Crippen molar-refractivity contribution in [1.29, 1.82) is 0 Å². The second-order valence-electron chi connectivity index (χ2n) is 3.81.